The summed E-state index contributed by atoms with van der Waals surface area (Å²) in [4.78, 5) is 25.1. The highest BCUT2D eigenvalue weighted by molar-refractivity contribution is 9.10. The summed E-state index contributed by atoms with van der Waals surface area (Å²) in [5, 5.41) is 12.5. The van der Waals surface area contributed by atoms with Crippen LogP contribution in [0.5, 0.6) is 0 Å². The molecule has 0 spiro atoms. The van der Waals surface area contributed by atoms with Crippen molar-refractivity contribution in [3.63, 3.8) is 0 Å². The molecule has 140 valence electrons. The van der Waals surface area contributed by atoms with Gasteiger partial charge in [0.15, 0.2) is 5.69 Å². The fraction of sp³-hybridized carbons (Fsp3) is 0.211. The summed E-state index contributed by atoms with van der Waals surface area (Å²) in [6.45, 7) is 4.26. The molecule has 27 heavy (non-hydrogen) atoms. The number of furan rings is 1. The lowest BCUT2D eigenvalue weighted by Gasteiger charge is -2.10. The molecule has 0 fully saturated rings. The third kappa shape index (κ3) is 4.28. The molecule has 0 radical (unpaired) electrons. The molecule has 2 aromatic heterocycles. The van der Waals surface area contributed by atoms with Crippen molar-refractivity contribution in [1.82, 2.24) is 15.5 Å². The average molecular weight is 431 g/mol. The Bertz CT molecular complexity index is 948. The molecule has 2 heterocycles. The molecule has 0 saturated carbocycles. The molecular weight excluding hydrogens is 412 g/mol. The lowest BCUT2D eigenvalue weighted by atomic mass is 10.1. The first kappa shape index (κ1) is 18.9. The summed E-state index contributed by atoms with van der Waals surface area (Å²) < 4.78 is 5.83. The van der Waals surface area contributed by atoms with Crippen molar-refractivity contribution in [3.05, 3.63) is 69.8 Å². The Labute approximate surface area is 164 Å². The Hall–Kier alpha value is -2.87. The van der Waals surface area contributed by atoms with Gasteiger partial charge in [-0.25, -0.2) is 0 Å². The fourth-order valence-corrected chi connectivity index (χ4v) is 3.34. The molecule has 3 rings (SSSR count). The number of para-hydroxylation sites is 1. The molecule has 0 bridgehead atoms. The van der Waals surface area contributed by atoms with Gasteiger partial charge in [0.2, 0.25) is 0 Å². The van der Waals surface area contributed by atoms with E-state index in [2.05, 4.69) is 36.8 Å². The number of rotatable bonds is 6. The number of aromatic nitrogens is 2. The van der Waals surface area contributed by atoms with Crippen molar-refractivity contribution >= 4 is 33.4 Å². The van der Waals surface area contributed by atoms with Crippen LogP contribution >= 0.6 is 15.9 Å². The highest BCUT2D eigenvalue weighted by atomic mass is 79.9. The van der Waals surface area contributed by atoms with Gasteiger partial charge in [-0.3, -0.25) is 14.7 Å². The van der Waals surface area contributed by atoms with Crippen molar-refractivity contribution in [3.8, 4) is 0 Å². The van der Waals surface area contributed by atoms with Crippen molar-refractivity contribution in [2.24, 2.45) is 0 Å². The second kappa shape index (κ2) is 8.22. The van der Waals surface area contributed by atoms with Gasteiger partial charge in [0.25, 0.3) is 11.8 Å². The van der Waals surface area contributed by atoms with Crippen LogP contribution < -0.4 is 10.6 Å². The maximum absolute atomic E-state index is 12.6. The number of anilines is 1. The molecule has 2 amide bonds. The number of H-pyrrole nitrogens is 1. The summed E-state index contributed by atoms with van der Waals surface area (Å²) >= 11 is 3.42. The first-order valence-electron chi connectivity index (χ1n) is 8.42. The number of hydrogen-bond donors (Lipinski definition) is 3. The minimum atomic E-state index is -0.406. The average Bonchev–Trinajstić information content (AvgIpc) is 3.29. The zero-order valence-electron chi connectivity index (χ0n) is 14.9. The number of halogens is 1. The van der Waals surface area contributed by atoms with E-state index in [-0.39, 0.29) is 24.1 Å². The smallest absolute Gasteiger partial charge is 0.277 e. The predicted octanol–water partition coefficient (Wildman–Crippen LogP) is 4.07. The molecule has 0 aliphatic heterocycles. The SMILES string of the molecule is CC(C)c1[nH]nc(C(=O)Nc2ccccc2C(=O)NCc2ccco2)c1Br. The number of carbonyl (C=O) groups excluding carboxylic acids is 2. The Morgan fingerprint density at radius 3 is 2.63 bits per heavy atom. The topological polar surface area (TPSA) is 100 Å². The molecule has 8 heteroatoms. The molecule has 0 atom stereocenters. The van der Waals surface area contributed by atoms with Gasteiger partial charge in [-0.05, 0) is 46.1 Å². The van der Waals surface area contributed by atoms with Crippen molar-refractivity contribution in [2.45, 2.75) is 26.3 Å². The predicted molar refractivity (Wildman–Crippen MR) is 105 cm³/mol. The second-order valence-electron chi connectivity index (χ2n) is 6.22. The fourth-order valence-electron chi connectivity index (χ4n) is 2.52. The van der Waals surface area contributed by atoms with E-state index in [4.69, 9.17) is 4.42 Å². The number of nitrogens with one attached hydrogen (secondary N) is 3. The van der Waals surface area contributed by atoms with Crippen LogP contribution in [-0.2, 0) is 6.54 Å². The summed E-state index contributed by atoms with van der Waals surface area (Å²) in [7, 11) is 0. The Balaban J connectivity index is 1.75. The van der Waals surface area contributed by atoms with Crippen LogP contribution in [0.15, 0.2) is 51.6 Å². The highest BCUT2D eigenvalue weighted by Crippen LogP contribution is 2.26. The van der Waals surface area contributed by atoms with Crippen LogP contribution in [0, 0.1) is 0 Å². The van der Waals surface area contributed by atoms with Gasteiger partial charge < -0.3 is 15.1 Å². The van der Waals surface area contributed by atoms with Gasteiger partial charge in [0, 0.05) is 0 Å². The lowest BCUT2D eigenvalue weighted by Crippen LogP contribution is -2.24. The summed E-state index contributed by atoms with van der Waals surface area (Å²) in [6, 6.07) is 10.3. The van der Waals surface area contributed by atoms with Gasteiger partial charge >= 0.3 is 0 Å². The van der Waals surface area contributed by atoms with Gasteiger partial charge in [-0.15, -0.1) is 0 Å². The number of aromatic amines is 1. The van der Waals surface area contributed by atoms with E-state index in [1.54, 1.807) is 42.7 Å². The van der Waals surface area contributed by atoms with E-state index >= 15 is 0 Å². The maximum Gasteiger partial charge on any atom is 0.277 e. The number of benzene rings is 1. The van der Waals surface area contributed by atoms with Crippen LogP contribution in [0.4, 0.5) is 5.69 Å². The minimum absolute atomic E-state index is 0.188. The van der Waals surface area contributed by atoms with Crippen LogP contribution in [0.25, 0.3) is 0 Å². The number of hydrogen-bond acceptors (Lipinski definition) is 4. The Kier molecular flexibility index (Phi) is 5.75. The number of carbonyl (C=O) groups is 2. The van der Waals surface area contributed by atoms with Gasteiger partial charge in [0.05, 0.1) is 34.2 Å². The van der Waals surface area contributed by atoms with E-state index in [0.29, 0.717) is 21.5 Å². The van der Waals surface area contributed by atoms with Crippen LogP contribution in [0.1, 0.15) is 52.1 Å². The second-order valence-corrected chi connectivity index (χ2v) is 7.01. The highest BCUT2D eigenvalue weighted by Gasteiger charge is 2.21. The third-order valence-electron chi connectivity index (χ3n) is 3.95. The molecule has 0 saturated heterocycles. The summed E-state index contributed by atoms with van der Waals surface area (Å²) in [5.74, 6) is 0.113. The van der Waals surface area contributed by atoms with E-state index in [1.165, 1.54) is 0 Å². The van der Waals surface area contributed by atoms with Crippen molar-refractivity contribution in [2.75, 3.05) is 5.32 Å². The minimum Gasteiger partial charge on any atom is -0.467 e. The molecule has 3 aromatic rings. The van der Waals surface area contributed by atoms with E-state index in [9.17, 15) is 9.59 Å². The van der Waals surface area contributed by atoms with Crippen LogP contribution in [0.2, 0.25) is 0 Å². The van der Waals surface area contributed by atoms with Crippen molar-refractivity contribution < 1.29 is 14.0 Å². The number of nitrogens with zero attached hydrogens (tertiary/aromatic N) is 1. The molecular formula is C19H19BrN4O3. The lowest BCUT2D eigenvalue weighted by molar-refractivity contribution is 0.0949. The van der Waals surface area contributed by atoms with E-state index < -0.39 is 5.91 Å². The standard InChI is InChI=1S/C19H19BrN4O3/c1-11(2)16-15(20)17(24-23-16)19(26)22-14-8-4-3-7-13(14)18(25)21-10-12-6-5-9-27-12/h3-9,11H,10H2,1-2H3,(H,21,25)(H,22,26)(H,23,24). The van der Waals surface area contributed by atoms with Gasteiger partial charge in [-0.1, -0.05) is 26.0 Å². The van der Waals surface area contributed by atoms with Crippen molar-refractivity contribution in [1.29, 1.82) is 0 Å². The van der Waals surface area contributed by atoms with Crippen LogP contribution in [0.3, 0.4) is 0 Å². The summed E-state index contributed by atoms with van der Waals surface area (Å²) in [6.07, 6.45) is 1.54. The Morgan fingerprint density at radius 1 is 1.19 bits per heavy atom. The largest absolute Gasteiger partial charge is 0.467 e. The molecule has 0 aliphatic carbocycles. The third-order valence-corrected chi connectivity index (χ3v) is 4.75. The van der Waals surface area contributed by atoms with Crippen LogP contribution in [-0.4, -0.2) is 22.0 Å². The quantitative estimate of drug-likeness (QED) is 0.548. The van der Waals surface area contributed by atoms with Gasteiger partial charge in [-0.2, -0.15) is 5.10 Å². The molecule has 3 N–H and O–H groups in total. The monoisotopic (exact) mass is 430 g/mol. The zero-order chi connectivity index (χ0) is 19.4. The molecule has 7 nitrogen and oxygen atoms in total. The van der Waals surface area contributed by atoms with Gasteiger partial charge in [0.1, 0.15) is 5.76 Å². The first-order chi connectivity index (χ1) is 13.0. The molecule has 0 aliphatic rings. The van der Waals surface area contributed by atoms with E-state index in [1.807, 2.05) is 13.8 Å². The molecule has 0 unspecified atom stereocenters. The van der Waals surface area contributed by atoms with E-state index in [0.717, 1.165) is 5.69 Å². The number of amides is 2. The zero-order valence-corrected chi connectivity index (χ0v) is 16.5. The maximum atomic E-state index is 12.6. The summed E-state index contributed by atoms with van der Waals surface area (Å²) in [5.41, 5.74) is 1.84. The Morgan fingerprint density at radius 2 is 1.96 bits per heavy atom. The normalized spacial score (nSPS) is 10.8. The first-order valence-corrected chi connectivity index (χ1v) is 9.21. The molecule has 1 aromatic carbocycles.